The van der Waals surface area contributed by atoms with Crippen molar-refractivity contribution in [1.29, 1.82) is 0 Å². The van der Waals surface area contributed by atoms with Crippen LogP contribution in [0.1, 0.15) is 35.9 Å². The van der Waals surface area contributed by atoms with Gasteiger partial charge in [0.05, 0.1) is 11.7 Å². The number of hydrogen-bond acceptors (Lipinski definition) is 3. The van der Waals surface area contributed by atoms with Gasteiger partial charge in [0.2, 0.25) is 5.89 Å². The number of oxazole rings is 1. The predicted molar refractivity (Wildman–Crippen MR) is 105 cm³/mol. The monoisotopic (exact) mass is 468 g/mol. The van der Waals surface area contributed by atoms with Crippen LogP contribution in [-0.2, 0) is 6.54 Å². The number of rotatable bonds is 4. The second kappa shape index (κ2) is 8.75. The largest absolute Gasteiger partial charge is 0.444 e. The Kier molecular flexibility index (Phi) is 7.63. The van der Waals surface area contributed by atoms with Crippen molar-refractivity contribution in [3.05, 3.63) is 51.2 Å². The van der Waals surface area contributed by atoms with E-state index in [0.717, 1.165) is 17.0 Å². The number of aryl methyl sites for hydroxylation is 2. The van der Waals surface area contributed by atoms with Gasteiger partial charge in [-0.3, -0.25) is 0 Å². The minimum absolute atomic E-state index is 0. The molecule has 1 unspecified atom stereocenters. The lowest BCUT2D eigenvalue weighted by molar-refractivity contribution is 0.473. The first-order valence-electron chi connectivity index (χ1n) is 6.81. The van der Waals surface area contributed by atoms with Gasteiger partial charge in [0.15, 0.2) is 5.96 Å². The zero-order chi connectivity index (χ0) is 16.3. The molecule has 0 aliphatic carbocycles. The lowest BCUT2D eigenvalue weighted by Crippen LogP contribution is -2.34. The van der Waals surface area contributed by atoms with Gasteiger partial charge in [-0.1, -0.05) is 29.3 Å². The zero-order valence-corrected chi connectivity index (χ0v) is 16.9. The maximum absolute atomic E-state index is 6.17. The van der Waals surface area contributed by atoms with Gasteiger partial charge in [-0.05, 0) is 38.5 Å². The van der Waals surface area contributed by atoms with Crippen LogP contribution in [0.15, 0.2) is 27.6 Å². The number of halogens is 3. The summed E-state index contributed by atoms with van der Waals surface area (Å²) in [6, 6.07) is 5.24. The molecule has 2 rings (SSSR count). The van der Waals surface area contributed by atoms with Crippen molar-refractivity contribution in [2.75, 3.05) is 0 Å². The van der Waals surface area contributed by atoms with Crippen LogP contribution in [0.3, 0.4) is 0 Å². The fraction of sp³-hybridized carbons (Fsp3) is 0.333. The summed E-state index contributed by atoms with van der Waals surface area (Å²) in [5, 5.41) is 4.26. The Bertz CT molecular complexity index is 683. The van der Waals surface area contributed by atoms with E-state index in [1.54, 1.807) is 12.1 Å². The number of nitrogens with zero attached hydrogens (tertiary/aromatic N) is 2. The summed E-state index contributed by atoms with van der Waals surface area (Å²) in [6.07, 6.45) is 0. The highest BCUT2D eigenvalue weighted by Crippen LogP contribution is 2.25. The number of nitrogens with two attached hydrogens (primary N) is 1. The maximum Gasteiger partial charge on any atom is 0.216 e. The van der Waals surface area contributed by atoms with Gasteiger partial charge in [0.1, 0.15) is 12.3 Å². The van der Waals surface area contributed by atoms with E-state index in [9.17, 15) is 0 Å². The van der Waals surface area contributed by atoms with E-state index in [2.05, 4.69) is 15.3 Å². The summed E-state index contributed by atoms with van der Waals surface area (Å²) in [5.41, 5.74) is 7.64. The van der Waals surface area contributed by atoms with E-state index >= 15 is 0 Å². The van der Waals surface area contributed by atoms with Crippen LogP contribution in [-0.4, -0.2) is 10.9 Å². The molecule has 3 N–H and O–H groups in total. The average molecular weight is 469 g/mol. The van der Waals surface area contributed by atoms with Gasteiger partial charge in [-0.2, -0.15) is 0 Å². The number of aliphatic imine (C=N–C) groups is 1. The topological polar surface area (TPSA) is 76.4 Å². The first kappa shape index (κ1) is 20.1. The minimum atomic E-state index is -0.0958. The highest BCUT2D eigenvalue weighted by molar-refractivity contribution is 14.0. The smallest absolute Gasteiger partial charge is 0.216 e. The van der Waals surface area contributed by atoms with E-state index in [0.29, 0.717) is 21.9 Å². The van der Waals surface area contributed by atoms with Crippen molar-refractivity contribution in [2.45, 2.75) is 33.4 Å². The highest BCUT2D eigenvalue weighted by Gasteiger charge is 2.11. The molecular weight excluding hydrogens is 450 g/mol. The molecule has 0 radical (unpaired) electrons. The first-order valence-corrected chi connectivity index (χ1v) is 7.56. The van der Waals surface area contributed by atoms with Crippen molar-refractivity contribution in [1.82, 2.24) is 10.3 Å². The van der Waals surface area contributed by atoms with Crippen molar-refractivity contribution in [3.8, 4) is 0 Å². The molecule has 1 aromatic heterocycles. The van der Waals surface area contributed by atoms with E-state index in [4.69, 9.17) is 33.4 Å². The molecule has 1 aromatic carbocycles. The summed E-state index contributed by atoms with van der Waals surface area (Å²) >= 11 is 12.1. The second-order valence-electron chi connectivity index (χ2n) is 4.98. The molecule has 0 saturated heterocycles. The van der Waals surface area contributed by atoms with Crippen LogP contribution in [0.5, 0.6) is 0 Å². The van der Waals surface area contributed by atoms with Crippen LogP contribution in [0.25, 0.3) is 0 Å². The van der Waals surface area contributed by atoms with E-state index in [1.165, 1.54) is 0 Å². The molecule has 0 spiro atoms. The van der Waals surface area contributed by atoms with Crippen molar-refractivity contribution in [3.63, 3.8) is 0 Å². The SMILES string of the molecule is Cc1nc(CN=C(N)NC(C)c2ccc(Cl)cc2Cl)oc1C.I. The number of guanidine groups is 1. The first-order chi connectivity index (χ1) is 10.4. The molecule has 2 aromatic rings. The standard InChI is InChI=1S/C15H18Cl2N4O.HI/c1-8-10(3)22-14(20-8)7-19-15(18)21-9(2)12-5-4-11(16)6-13(12)17;/h4-6,9H,7H2,1-3H3,(H3,18,19,21);1H. The second-order valence-corrected chi connectivity index (χ2v) is 5.83. The van der Waals surface area contributed by atoms with Crippen LogP contribution in [0.4, 0.5) is 0 Å². The average Bonchev–Trinajstić information content (AvgIpc) is 2.75. The summed E-state index contributed by atoms with van der Waals surface area (Å²) in [4.78, 5) is 8.47. The third-order valence-corrected chi connectivity index (χ3v) is 3.81. The molecule has 0 amide bonds. The normalized spacial score (nSPS) is 12.7. The molecule has 1 atom stereocenters. The Morgan fingerprint density at radius 1 is 1.39 bits per heavy atom. The van der Waals surface area contributed by atoms with Crippen LogP contribution >= 0.6 is 47.2 Å². The van der Waals surface area contributed by atoms with Crippen LogP contribution in [0.2, 0.25) is 10.0 Å². The van der Waals surface area contributed by atoms with Gasteiger partial charge < -0.3 is 15.5 Å². The van der Waals surface area contributed by atoms with Gasteiger partial charge in [0.25, 0.3) is 0 Å². The molecule has 126 valence electrons. The molecule has 1 heterocycles. The fourth-order valence-corrected chi connectivity index (χ4v) is 2.53. The molecule has 8 heteroatoms. The Morgan fingerprint density at radius 2 is 2.09 bits per heavy atom. The number of benzene rings is 1. The van der Waals surface area contributed by atoms with Crippen LogP contribution < -0.4 is 11.1 Å². The highest BCUT2D eigenvalue weighted by atomic mass is 127. The molecule has 23 heavy (non-hydrogen) atoms. The van der Waals surface area contributed by atoms with E-state index in [-0.39, 0.29) is 36.6 Å². The molecular formula is C15H19Cl2IN4O. The molecule has 0 fully saturated rings. The van der Waals surface area contributed by atoms with Gasteiger partial charge >= 0.3 is 0 Å². The molecule has 5 nitrogen and oxygen atoms in total. The molecule has 0 saturated carbocycles. The van der Waals surface area contributed by atoms with E-state index < -0.39 is 0 Å². The van der Waals surface area contributed by atoms with Crippen LogP contribution in [0, 0.1) is 13.8 Å². The quantitative estimate of drug-likeness (QED) is 0.396. The molecule has 0 aliphatic rings. The Morgan fingerprint density at radius 3 is 2.65 bits per heavy atom. The third kappa shape index (κ3) is 5.54. The van der Waals surface area contributed by atoms with E-state index in [1.807, 2.05) is 26.8 Å². The van der Waals surface area contributed by atoms with Gasteiger partial charge in [-0.25, -0.2) is 9.98 Å². The Hall–Kier alpha value is -0.990. The van der Waals surface area contributed by atoms with Crippen molar-refractivity contribution < 1.29 is 4.42 Å². The van der Waals surface area contributed by atoms with Gasteiger partial charge in [0, 0.05) is 10.0 Å². The maximum atomic E-state index is 6.17. The number of nitrogens with one attached hydrogen (secondary N) is 1. The minimum Gasteiger partial charge on any atom is -0.444 e. The number of aromatic nitrogens is 1. The Balaban J connectivity index is 0.00000264. The Labute approximate surface area is 162 Å². The lowest BCUT2D eigenvalue weighted by Gasteiger charge is -2.16. The fourth-order valence-electron chi connectivity index (χ4n) is 1.96. The van der Waals surface area contributed by atoms with Crippen molar-refractivity contribution >= 4 is 53.1 Å². The van der Waals surface area contributed by atoms with Gasteiger partial charge in [-0.15, -0.1) is 24.0 Å². The number of hydrogen-bond donors (Lipinski definition) is 2. The summed E-state index contributed by atoms with van der Waals surface area (Å²) in [7, 11) is 0. The zero-order valence-electron chi connectivity index (χ0n) is 13.1. The summed E-state index contributed by atoms with van der Waals surface area (Å²) in [5.74, 6) is 1.63. The predicted octanol–water partition coefficient (Wildman–Crippen LogP) is 4.38. The molecule has 0 bridgehead atoms. The lowest BCUT2D eigenvalue weighted by atomic mass is 10.1. The summed E-state index contributed by atoms with van der Waals surface area (Å²) in [6.45, 7) is 5.98. The third-order valence-electron chi connectivity index (χ3n) is 3.25. The summed E-state index contributed by atoms with van der Waals surface area (Å²) < 4.78 is 5.45. The van der Waals surface area contributed by atoms with Crippen molar-refractivity contribution in [2.24, 2.45) is 10.7 Å². The molecule has 0 aliphatic heterocycles.